The van der Waals surface area contributed by atoms with Crippen molar-refractivity contribution in [3.8, 4) is 0 Å². The second-order valence-corrected chi connectivity index (χ2v) is 8.25. The van der Waals surface area contributed by atoms with Crippen molar-refractivity contribution in [2.45, 2.75) is 57.7 Å². The summed E-state index contributed by atoms with van der Waals surface area (Å²) in [5.74, 6) is -1.33. The summed E-state index contributed by atoms with van der Waals surface area (Å²) in [6.07, 6.45) is -4.08. The molecule has 1 heterocycles. The molecular weight excluding hydrogens is 389 g/mol. The number of nitrogens with zero attached hydrogens (tertiary/aromatic N) is 1. The standard InChI is InChI=1S/C20H25F3N2O4/c1-18(2,9-8-16(27)29-5)24-15(26)11-25-14-7-6-12(20(21,22)23)10-13(14)19(3,4)17(25)28/h6-7,10H,8-9,11H2,1-5H3,(H,24,26). The number of fused-ring (bicyclic) bond motifs is 1. The summed E-state index contributed by atoms with van der Waals surface area (Å²) >= 11 is 0. The smallest absolute Gasteiger partial charge is 0.416 e. The van der Waals surface area contributed by atoms with Gasteiger partial charge in [0.05, 0.1) is 18.1 Å². The maximum absolute atomic E-state index is 13.1. The first-order valence-corrected chi connectivity index (χ1v) is 9.10. The summed E-state index contributed by atoms with van der Waals surface area (Å²) in [6.45, 7) is 6.20. The van der Waals surface area contributed by atoms with Gasteiger partial charge in [0.25, 0.3) is 0 Å². The Bertz CT molecular complexity index is 832. The number of ether oxygens (including phenoxy) is 1. The molecule has 0 saturated heterocycles. The van der Waals surface area contributed by atoms with Gasteiger partial charge in [-0.2, -0.15) is 13.2 Å². The van der Waals surface area contributed by atoms with E-state index in [9.17, 15) is 27.6 Å². The predicted octanol–water partition coefficient (Wildman–Crippen LogP) is 3.18. The van der Waals surface area contributed by atoms with Crippen molar-refractivity contribution in [2.75, 3.05) is 18.6 Å². The van der Waals surface area contributed by atoms with Gasteiger partial charge in [-0.15, -0.1) is 0 Å². The number of benzene rings is 1. The van der Waals surface area contributed by atoms with E-state index in [1.807, 2.05) is 0 Å². The van der Waals surface area contributed by atoms with E-state index < -0.39 is 40.5 Å². The number of halogens is 3. The summed E-state index contributed by atoms with van der Waals surface area (Å²) in [5, 5.41) is 2.76. The van der Waals surface area contributed by atoms with E-state index in [2.05, 4.69) is 10.1 Å². The van der Waals surface area contributed by atoms with Crippen LogP contribution >= 0.6 is 0 Å². The molecule has 1 aromatic rings. The van der Waals surface area contributed by atoms with E-state index in [-0.39, 0.29) is 24.2 Å². The average molecular weight is 414 g/mol. The highest BCUT2D eigenvalue weighted by atomic mass is 19.4. The second-order valence-electron chi connectivity index (χ2n) is 8.25. The predicted molar refractivity (Wildman–Crippen MR) is 100 cm³/mol. The molecule has 0 aromatic heterocycles. The second kappa shape index (κ2) is 7.68. The number of amides is 2. The Labute approximate surface area is 167 Å². The molecular formula is C20H25F3N2O4. The number of hydrogen-bond donors (Lipinski definition) is 1. The number of carbonyl (C=O) groups excluding carboxylic acids is 3. The van der Waals surface area contributed by atoms with Gasteiger partial charge in [0, 0.05) is 17.6 Å². The first kappa shape index (κ1) is 22.7. The van der Waals surface area contributed by atoms with Crippen molar-refractivity contribution in [3.05, 3.63) is 29.3 Å². The van der Waals surface area contributed by atoms with Gasteiger partial charge in [0.15, 0.2) is 0 Å². The fraction of sp³-hybridized carbons (Fsp3) is 0.550. The van der Waals surface area contributed by atoms with Gasteiger partial charge in [-0.3, -0.25) is 14.4 Å². The minimum Gasteiger partial charge on any atom is -0.469 e. The highest BCUT2D eigenvalue weighted by Crippen LogP contribution is 2.44. The van der Waals surface area contributed by atoms with Crippen LogP contribution in [0.25, 0.3) is 0 Å². The van der Waals surface area contributed by atoms with E-state index in [0.29, 0.717) is 6.42 Å². The summed E-state index contributed by atoms with van der Waals surface area (Å²) in [5.41, 5.74) is -2.23. The van der Waals surface area contributed by atoms with Crippen LogP contribution < -0.4 is 10.2 Å². The zero-order chi connectivity index (χ0) is 22.2. The van der Waals surface area contributed by atoms with Crippen LogP contribution in [-0.2, 0) is 30.7 Å². The third-order valence-corrected chi connectivity index (χ3v) is 5.03. The molecule has 160 valence electrons. The first-order valence-electron chi connectivity index (χ1n) is 9.10. The molecule has 0 saturated carbocycles. The molecule has 29 heavy (non-hydrogen) atoms. The van der Waals surface area contributed by atoms with Gasteiger partial charge in [-0.1, -0.05) is 0 Å². The zero-order valence-electron chi connectivity index (χ0n) is 17.1. The number of nitrogens with one attached hydrogen (secondary N) is 1. The molecule has 6 nitrogen and oxygen atoms in total. The summed E-state index contributed by atoms with van der Waals surface area (Å²) in [4.78, 5) is 37.8. The number of methoxy groups -OCH3 is 1. The van der Waals surface area contributed by atoms with Gasteiger partial charge in [0.2, 0.25) is 11.8 Å². The number of hydrogen-bond acceptors (Lipinski definition) is 4. The van der Waals surface area contributed by atoms with Crippen molar-refractivity contribution < 1.29 is 32.3 Å². The Balaban J connectivity index is 2.19. The lowest BCUT2D eigenvalue weighted by Gasteiger charge is -2.28. The van der Waals surface area contributed by atoms with Gasteiger partial charge in [-0.05, 0) is 57.9 Å². The highest BCUT2D eigenvalue weighted by molar-refractivity contribution is 6.10. The fourth-order valence-corrected chi connectivity index (χ4v) is 3.31. The van der Waals surface area contributed by atoms with E-state index >= 15 is 0 Å². The van der Waals surface area contributed by atoms with Crippen molar-refractivity contribution in [2.24, 2.45) is 0 Å². The Morgan fingerprint density at radius 3 is 2.38 bits per heavy atom. The Morgan fingerprint density at radius 1 is 1.21 bits per heavy atom. The lowest BCUT2D eigenvalue weighted by molar-refractivity contribution is -0.141. The van der Waals surface area contributed by atoms with E-state index in [4.69, 9.17) is 0 Å². The SMILES string of the molecule is COC(=O)CCC(C)(C)NC(=O)CN1C(=O)C(C)(C)c2cc(C(F)(F)F)ccc21. The molecule has 0 bridgehead atoms. The third-order valence-electron chi connectivity index (χ3n) is 5.03. The molecule has 0 aliphatic carbocycles. The molecule has 2 amide bonds. The zero-order valence-corrected chi connectivity index (χ0v) is 17.1. The molecule has 0 spiro atoms. The lowest BCUT2D eigenvalue weighted by Crippen LogP contribution is -2.49. The maximum atomic E-state index is 13.1. The van der Waals surface area contributed by atoms with Gasteiger partial charge in [0.1, 0.15) is 6.54 Å². The van der Waals surface area contributed by atoms with Crippen LogP contribution in [-0.4, -0.2) is 37.0 Å². The number of anilines is 1. The molecule has 2 rings (SSSR count). The summed E-state index contributed by atoms with van der Waals surface area (Å²) in [7, 11) is 1.27. The Hall–Kier alpha value is -2.58. The van der Waals surface area contributed by atoms with Crippen LogP contribution in [0.3, 0.4) is 0 Å². The van der Waals surface area contributed by atoms with Gasteiger partial charge < -0.3 is 15.0 Å². The molecule has 0 fully saturated rings. The average Bonchev–Trinajstić information content (AvgIpc) is 2.79. The number of esters is 1. The monoisotopic (exact) mass is 414 g/mol. The summed E-state index contributed by atoms with van der Waals surface area (Å²) < 4.78 is 43.8. The number of carbonyl (C=O) groups is 3. The fourth-order valence-electron chi connectivity index (χ4n) is 3.31. The largest absolute Gasteiger partial charge is 0.469 e. The molecule has 0 unspecified atom stereocenters. The van der Waals surface area contributed by atoms with Gasteiger partial charge in [-0.25, -0.2) is 0 Å². The topological polar surface area (TPSA) is 75.7 Å². The van der Waals surface area contributed by atoms with E-state index in [1.54, 1.807) is 13.8 Å². The minimum absolute atomic E-state index is 0.114. The van der Waals surface area contributed by atoms with E-state index in [0.717, 1.165) is 12.1 Å². The van der Waals surface area contributed by atoms with Crippen LogP contribution in [0.5, 0.6) is 0 Å². The first-order chi connectivity index (χ1) is 13.2. The van der Waals surface area contributed by atoms with Crippen molar-refractivity contribution in [1.29, 1.82) is 0 Å². The third kappa shape index (κ3) is 4.89. The Kier molecular flexibility index (Phi) is 6.02. The van der Waals surface area contributed by atoms with Crippen LogP contribution in [0, 0.1) is 0 Å². The van der Waals surface area contributed by atoms with Crippen molar-refractivity contribution >= 4 is 23.5 Å². The molecule has 1 aliphatic heterocycles. The maximum Gasteiger partial charge on any atom is 0.416 e. The van der Waals surface area contributed by atoms with Crippen LogP contribution in [0.4, 0.5) is 18.9 Å². The Morgan fingerprint density at radius 2 is 1.83 bits per heavy atom. The normalized spacial score (nSPS) is 15.9. The van der Waals surface area contributed by atoms with Gasteiger partial charge >= 0.3 is 12.1 Å². The molecule has 1 N–H and O–H groups in total. The quantitative estimate of drug-likeness (QED) is 0.726. The van der Waals surface area contributed by atoms with E-state index in [1.165, 1.54) is 31.9 Å². The van der Waals surface area contributed by atoms with Crippen molar-refractivity contribution in [1.82, 2.24) is 5.32 Å². The van der Waals surface area contributed by atoms with Crippen LogP contribution in [0.2, 0.25) is 0 Å². The van der Waals surface area contributed by atoms with Crippen LogP contribution in [0.15, 0.2) is 18.2 Å². The molecule has 1 aromatic carbocycles. The highest BCUT2D eigenvalue weighted by Gasteiger charge is 2.46. The molecule has 0 atom stereocenters. The number of alkyl halides is 3. The number of rotatable bonds is 6. The minimum atomic E-state index is -4.53. The molecule has 1 aliphatic rings. The molecule has 0 radical (unpaired) electrons. The lowest BCUT2D eigenvalue weighted by atomic mass is 9.85. The summed E-state index contributed by atoms with van der Waals surface area (Å²) in [6, 6.07) is 3.09. The molecule has 9 heteroatoms. The van der Waals surface area contributed by atoms with Crippen molar-refractivity contribution in [3.63, 3.8) is 0 Å². The van der Waals surface area contributed by atoms with Crippen LogP contribution in [0.1, 0.15) is 51.7 Å².